The Hall–Kier alpha value is -0.980. The molecule has 0 aromatic carbocycles. The van der Waals surface area contributed by atoms with Gasteiger partial charge >= 0.3 is 0 Å². The molecule has 2 N–H and O–H groups in total. The molecule has 0 atom stereocenters. The van der Waals surface area contributed by atoms with E-state index >= 15 is 0 Å². The van der Waals surface area contributed by atoms with E-state index in [9.17, 15) is 0 Å². The van der Waals surface area contributed by atoms with Gasteiger partial charge in [-0.1, -0.05) is 56.9 Å². The van der Waals surface area contributed by atoms with Crippen LogP contribution in [0.3, 0.4) is 0 Å². The van der Waals surface area contributed by atoms with E-state index in [1.54, 1.807) is 0 Å². The molecule has 0 heterocycles. The molecule has 0 aliphatic carbocycles. The molecule has 0 aliphatic heterocycles. The quantitative estimate of drug-likeness (QED) is 0.466. The number of rotatable bonds is 8. The van der Waals surface area contributed by atoms with Gasteiger partial charge in [0.25, 0.3) is 0 Å². The third-order valence-electron chi connectivity index (χ3n) is 2.60. The number of unbranched alkanes of at least 4 members (excludes halogenated alkanes) is 3. The van der Waals surface area contributed by atoms with Crippen LogP contribution in [0.5, 0.6) is 0 Å². The van der Waals surface area contributed by atoms with Crippen molar-refractivity contribution >= 4 is 0 Å². The van der Waals surface area contributed by atoms with Crippen LogP contribution in [0.25, 0.3) is 0 Å². The summed E-state index contributed by atoms with van der Waals surface area (Å²) in [6.07, 6.45) is 15.7. The summed E-state index contributed by atoms with van der Waals surface area (Å²) in [6.45, 7) is 6.49. The van der Waals surface area contributed by atoms with Gasteiger partial charge in [-0.05, 0) is 32.3 Å². The molecule has 0 spiro atoms. The van der Waals surface area contributed by atoms with Crippen LogP contribution in [0.4, 0.5) is 0 Å². The van der Waals surface area contributed by atoms with E-state index in [4.69, 9.17) is 5.73 Å². The highest BCUT2D eigenvalue weighted by molar-refractivity contribution is 5.25. The molecule has 1 nitrogen and oxygen atoms in total. The van der Waals surface area contributed by atoms with E-state index in [0.717, 1.165) is 18.5 Å². The highest BCUT2D eigenvalue weighted by atomic mass is 14.5. The predicted molar refractivity (Wildman–Crippen MR) is 74.2 cm³/mol. The van der Waals surface area contributed by atoms with Crippen molar-refractivity contribution in [1.29, 1.82) is 0 Å². The minimum absolute atomic E-state index is 0.886. The van der Waals surface area contributed by atoms with E-state index in [1.165, 1.54) is 31.3 Å². The molecule has 0 amide bonds. The Morgan fingerprint density at radius 1 is 1.06 bits per heavy atom. The second-order valence-corrected chi connectivity index (χ2v) is 4.15. The molecule has 0 aromatic heterocycles. The lowest BCUT2D eigenvalue weighted by Crippen LogP contribution is -1.92. The molecule has 0 fully saturated rings. The molecule has 0 saturated carbocycles. The van der Waals surface area contributed by atoms with Crippen LogP contribution in [-0.4, -0.2) is 0 Å². The maximum absolute atomic E-state index is 5.86. The Labute approximate surface area is 101 Å². The molecule has 16 heavy (non-hydrogen) atoms. The number of hydrogen-bond donors (Lipinski definition) is 1. The van der Waals surface area contributed by atoms with Gasteiger partial charge in [0.15, 0.2) is 0 Å². The summed E-state index contributed by atoms with van der Waals surface area (Å²) in [5, 5.41) is 0. The Morgan fingerprint density at radius 2 is 1.81 bits per heavy atom. The van der Waals surface area contributed by atoms with E-state index in [1.807, 2.05) is 6.08 Å². The molecule has 92 valence electrons. The van der Waals surface area contributed by atoms with Gasteiger partial charge in [-0.3, -0.25) is 0 Å². The van der Waals surface area contributed by atoms with Gasteiger partial charge < -0.3 is 5.73 Å². The van der Waals surface area contributed by atoms with Crippen LogP contribution in [0.2, 0.25) is 0 Å². The van der Waals surface area contributed by atoms with E-state index in [-0.39, 0.29) is 0 Å². The normalized spacial score (nSPS) is 13.7. The fourth-order valence-electron chi connectivity index (χ4n) is 1.49. The second-order valence-electron chi connectivity index (χ2n) is 4.15. The first kappa shape index (κ1) is 15.0. The van der Waals surface area contributed by atoms with Crippen molar-refractivity contribution in [3.05, 3.63) is 35.6 Å². The molecular weight excluding hydrogens is 194 g/mol. The lowest BCUT2D eigenvalue weighted by molar-refractivity contribution is 0.719. The maximum atomic E-state index is 5.86. The summed E-state index contributed by atoms with van der Waals surface area (Å²) in [5.74, 6) is 0. The molecule has 0 radical (unpaired) electrons. The third kappa shape index (κ3) is 8.34. The van der Waals surface area contributed by atoms with E-state index < -0.39 is 0 Å². The van der Waals surface area contributed by atoms with Gasteiger partial charge in [-0.15, -0.1) is 0 Å². The SMILES string of the molecule is C\C=C(/C=C\C(N)=C\CCC)CCCCC. The van der Waals surface area contributed by atoms with Gasteiger partial charge in [0.1, 0.15) is 0 Å². The van der Waals surface area contributed by atoms with Crippen LogP contribution in [0.1, 0.15) is 59.3 Å². The Balaban J connectivity index is 4.06. The number of hydrogen-bond acceptors (Lipinski definition) is 1. The van der Waals surface area contributed by atoms with Crippen LogP contribution < -0.4 is 5.73 Å². The van der Waals surface area contributed by atoms with Crippen molar-refractivity contribution in [3.8, 4) is 0 Å². The summed E-state index contributed by atoms with van der Waals surface area (Å²) in [4.78, 5) is 0. The molecule has 1 heteroatoms. The van der Waals surface area contributed by atoms with Crippen LogP contribution >= 0.6 is 0 Å². The summed E-state index contributed by atoms with van der Waals surface area (Å²) in [7, 11) is 0. The fourth-order valence-corrected chi connectivity index (χ4v) is 1.49. The monoisotopic (exact) mass is 221 g/mol. The lowest BCUT2D eigenvalue weighted by atomic mass is 10.1. The third-order valence-corrected chi connectivity index (χ3v) is 2.60. The van der Waals surface area contributed by atoms with Crippen molar-refractivity contribution in [2.75, 3.05) is 0 Å². The molecule has 0 saturated heterocycles. The standard InChI is InChI=1S/C15H27N/c1-4-7-9-10-14(6-3)12-13-15(16)11-8-5-2/h6,11-13H,4-5,7-10,16H2,1-3H3/b13-12-,14-6-,15-11-. The maximum Gasteiger partial charge on any atom is 0.0273 e. The largest absolute Gasteiger partial charge is 0.399 e. The topological polar surface area (TPSA) is 26.0 Å². The van der Waals surface area contributed by atoms with Crippen molar-refractivity contribution in [2.45, 2.75) is 59.3 Å². The summed E-state index contributed by atoms with van der Waals surface area (Å²) in [6, 6.07) is 0. The minimum Gasteiger partial charge on any atom is -0.399 e. The van der Waals surface area contributed by atoms with Gasteiger partial charge in [-0.25, -0.2) is 0 Å². The highest BCUT2D eigenvalue weighted by Crippen LogP contribution is 2.10. The van der Waals surface area contributed by atoms with Gasteiger partial charge in [-0.2, -0.15) is 0 Å². The molecule has 0 bridgehead atoms. The van der Waals surface area contributed by atoms with Crippen molar-refractivity contribution in [3.63, 3.8) is 0 Å². The predicted octanol–water partition coefficient (Wildman–Crippen LogP) is 4.71. The zero-order chi connectivity index (χ0) is 12.2. The fraction of sp³-hybridized carbons (Fsp3) is 0.600. The summed E-state index contributed by atoms with van der Waals surface area (Å²) < 4.78 is 0. The molecule has 0 unspecified atom stereocenters. The van der Waals surface area contributed by atoms with E-state index in [2.05, 4.69) is 39.0 Å². The number of nitrogens with two attached hydrogens (primary N) is 1. The zero-order valence-corrected chi connectivity index (χ0v) is 11.1. The van der Waals surface area contributed by atoms with Crippen molar-refractivity contribution < 1.29 is 0 Å². The zero-order valence-electron chi connectivity index (χ0n) is 11.1. The van der Waals surface area contributed by atoms with Gasteiger partial charge in [0, 0.05) is 5.70 Å². The smallest absolute Gasteiger partial charge is 0.0273 e. The van der Waals surface area contributed by atoms with Gasteiger partial charge in [0.2, 0.25) is 0 Å². The highest BCUT2D eigenvalue weighted by Gasteiger charge is 1.91. The van der Waals surface area contributed by atoms with Gasteiger partial charge in [0.05, 0.1) is 0 Å². The summed E-state index contributed by atoms with van der Waals surface area (Å²) >= 11 is 0. The lowest BCUT2D eigenvalue weighted by Gasteiger charge is -2.01. The molecular formula is C15H27N. The van der Waals surface area contributed by atoms with Crippen LogP contribution in [0.15, 0.2) is 35.6 Å². The first-order valence-electron chi connectivity index (χ1n) is 6.53. The first-order valence-corrected chi connectivity index (χ1v) is 6.53. The number of allylic oxidation sites excluding steroid dienone is 5. The minimum atomic E-state index is 0.886. The summed E-state index contributed by atoms with van der Waals surface area (Å²) in [5.41, 5.74) is 8.14. The average molecular weight is 221 g/mol. The first-order chi connectivity index (χ1) is 7.74. The molecule has 0 aromatic rings. The van der Waals surface area contributed by atoms with Crippen molar-refractivity contribution in [2.24, 2.45) is 5.73 Å². The second kappa shape index (κ2) is 10.5. The Kier molecular flexibility index (Phi) is 9.89. The Bertz CT molecular complexity index is 246. The van der Waals surface area contributed by atoms with Crippen molar-refractivity contribution in [1.82, 2.24) is 0 Å². The van der Waals surface area contributed by atoms with Crippen LogP contribution in [-0.2, 0) is 0 Å². The van der Waals surface area contributed by atoms with Crippen LogP contribution in [0, 0.1) is 0 Å². The Morgan fingerprint density at radius 3 is 2.38 bits per heavy atom. The molecule has 0 aliphatic rings. The average Bonchev–Trinajstić information content (AvgIpc) is 2.31. The van der Waals surface area contributed by atoms with E-state index in [0.29, 0.717) is 0 Å². The molecule has 0 rings (SSSR count).